The van der Waals surface area contributed by atoms with Gasteiger partial charge in [-0.15, -0.1) is 11.3 Å². The topological polar surface area (TPSA) is 39.9 Å². The number of hydrogen-bond acceptors (Lipinski definition) is 4. The maximum atomic E-state index is 13.0. The Kier molecular flexibility index (Phi) is 4.92. The van der Waals surface area contributed by atoms with Gasteiger partial charge in [0.25, 0.3) is 0 Å². The summed E-state index contributed by atoms with van der Waals surface area (Å²) in [6.07, 6.45) is 1.83. The fourth-order valence-electron chi connectivity index (χ4n) is 2.33. The van der Waals surface area contributed by atoms with Crippen molar-refractivity contribution in [3.63, 3.8) is 0 Å². The molecule has 1 heterocycles. The fraction of sp³-hybridized carbons (Fsp3) is 0.100. The zero-order valence-corrected chi connectivity index (χ0v) is 14.7. The van der Waals surface area contributed by atoms with Crippen molar-refractivity contribution in [1.29, 1.82) is 5.26 Å². The second-order valence-corrected chi connectivity index (χ2v) is 6.56. The Bertz CT molecular complexity index is 932. The van der Waals surface area contributed by atoms with Crippen molar-refractivity contribution in [2.75, 3.05) is 19.0 Å². The number of benzene rings is 2. The monoisotopic (exact) mass is 349 g/mol. The van der Waals surface area contributed by atoms with E-state index in [0.717, 1.165) is 22.5 Å². The Morgan fingerprint density at radius 2 is 1.80 bits per heavy atom. The van der Waals surface area contributed by atoms with Crippen LogP contribution in [0.3, 0.4) is 0 Å². The van der Waals surface area contributed by atoms with E-state index >= 15 is 0 Å². The highest BCUT2D eigenvalue weighted by molar-refractivity contribution is 7.11. The van der Waals surface area contributed by atoms with Crippen LogP contribution in [0.1, 0.15) is 10.6 Å². The molecule has 0 fully saturated rings. The molecular formula is C20H16FN3S. The van der Waals surface area contributed by atoms with E-state index in [1.807, 2.05) is 54.7 Å². The van der Waals surface area contributed by atoms with Crippen LogP contribution in [0.15, 0.2) is 53.9 Å². The van der Waals surface area contributed by atoms with Crippen LogP contribution in [0.4, 0.5) is 10.1 Å². The van der Waals surface area contributed by atoms with Crippen LogP contribution in [-0.2, 0) is 0 Å². The highest BCUT2D eigenvalue weighted by atomic mass is 32.1. The van der Waals surface area contributed by atoms with Crippen molar-refractivity contribution in [3.05, 3.63) is 70.3 Å². The quantitative estimate of drug-likeness (QED) is 0.617. The molecule has 0 unspecified atom stereocenters. The van der Waals surface area contributed by atoms with E-state index in [4.69, 9.17) is 0 Å². The van der Waals surface area contributed by atoms with Crippen LogP contribution < -0.4 is 4.90 Å². The number of aromatic nitrogens is 1. The minimum Gasteiger partial charge on any atom is -0.378 e. The first-order valence-electron chi connectivity index (χ1n) is 7.68. The average molecular weight is 349 g/mol. The number of allylic oxidation sites excluding steroid dienone is 1. The maximum absolute atomic E-state index is 13.0. The van der Waals surface area contributed by atoms with Crippen LogP contribution in [0.25, 0.3) is 22.9 Å². The zero-order valence-electron chi connectivity index (χ0n) is 13.9. The largest absolute Gasteiger partial charge is 0.378 e. The third kappa shape index (κ3) is 3.93. The van der Waals surface area contributed by atoms with E-state index in [1.54, 1.807) is 12.1 Å². The van der Waals surface area contributed by atoms with Crippen molar-refractivity contribution < 1.29 is 4.39 Å². The standard InChI is InChI=1S/C20H16FN3S/c1-24(2)18-9-3-14(4-10-18)11-16(12-22)20-23-19(13-25-20)15-5-7-17(21)8-6-15/h3-11,13H,1-2H3. The molecule has 0 atom stereocenters. The van der Waals surface area contributed by atoms with Gasteiger partial charge in [-0.3, -0.25) is 0 Å². The van der Waals surface area contributed by atoms with Gasteiger partial charge in [0, 0.05) is 30.7 Å². The van der Waals surface area contributed by atoms with Crippen molar-refractivity contribution in [2.45, 2.75) is 0 Å². The first-order valence-corrected chi connectivity index (χ1v) is 8.56. The summed E-state index contributed by atoms with van der Waals surface area (Å²) in [7, 11) is 3.97. The number of thiazole rings is 1. The predicted molar refractivity (Wildman–Crippen MR) is 102 cm³/mol. The molecule has 3 rings (SSSR count). The van der Waals surface area contributed by atoms with Gasteiger partial charge < -0.3 is 4.90 Å². The van der Waals surface area contributed by atoms with Crippen LogP contribution in [-0.4, -0.2) is 19.1 Å². The normalized spacial score (nSPS) is 11.2. The molecule has 0 N–H and O–H groups in total. The lowest BCUT2D eigenvalue weighted by molar-refractivity contribution is 0.628. The van der Waals surface area contributed by atoms with Gasteiger partial charge in [0.2, 0.25) is 0 Å². The van der Waals surface area contributed by atoms with E-state index in [-0.39, 0.29) is 5.82 Å². The number of nitriles is 1. The molecule has 5 heteroatoms. The molecule has 0 spiro atoms. The molecule has 3 aromatic rings. The third-order valence-corrected chi connectivity index (χ3v) is 4.59. The number of anilines is 1. The summed E-state index contributed by atoms with van der Waals surface area (Å²) in [5, 5.41) is 12.0. The minimum atomic E-state index is -0.280. The van der Waals surface area contributed by atoms with E-state index in [0.29, 0.717) is 10.6 Å². The minimum absolute atomic E-state index is 0.280. The summed E-state index contributed by atoms with van der Waals surface area (Å²) in [5.74, 6) is -0.280. The van der Waals surface area contributed by atoms with Crippen LogP contribution in [0.5, 0.6) is 0 Å². The molecule has 0 saturated heterocycles. The lowest BCUT2D eigenvalue weighted by atomic mass is 10.1. The summed E-state index contributed by atoms with van der Waals surface area (Å²) >= 11 is 1.40. The van der Waals surface area contributed by atoms with Crippen molar-refractivity contribution in [1.82, 2.24) is 4.98 Å². The highest BCUT2D eigenvalue weighted by Crippen LogP contribution is 2.27. The number of nitrogens with zero attached hydrogens (tertiary/aromatic N) is 3. The van der Waals surface area contributed by atoms with Gasteiger partial charge >= 0.3 is 0 Å². The molecule has 25 heavy (non-hydrogen) atoms. The predicted octanol–water partition coefficient (Wildman–Crippen LogP) is 5.08. The molecular weight excluding hydrogens is 333 g/mol. The summed E-state index contributed by atoms with van der Waals surface area (Å²) in [4.78, 5) is 6.54. The second kappa shape index (κ2) is 7.29. The molecule has 2 aromatic carbocycles. The van der Waals surface area contributed by atoms with Crippen molar-refractivity contribution in [2.24, 2.45) is 0 Å². The van der Waals surface area contributed by atoms with Gasteiger partial charge in [-0.2, -0.15) is 5.26 Å². The van der Waals surface area contributed by atoms with Gasteiger partial charge in [0.15, 0.2) is 0 Å². The Labute approximate surface area is 150 Å². The molecule has 0 radical (unpaired) electrons. The molecule has 0 bridgehead atoms. The van der Waals surface area contributed by atoms with E-state index < -0.39 is 0 Å². The lowest BCUT2D eigenvalue weighted by Crippen LogP contribution is -2.07. The Hall–Kier alpha value is -2.97. The highest BCUT2D eigenvalue weighted by Gasteiger charge is 2.09. The summed E-state index contributed by atoms with van der Waals surface area (Å²) < 4.78 is 13.0. The third-order valence-electron chi connectivity index (χ3n) is 3.72. The molecule has 0 amide bonds. The second-order valence-electron chi connectivity index (χ2n) is 5.70. The molecule has 0 saturated carbocycles. The molecule has 0 aliphatic carbocycles. The van der Waals surface area contributed by atoms with Gasteiger partial charge in [-0.1, -0.05) is 12.1 Å². The Morgan fingerprint density at radius 1 is 1.12 bits per heavy atom. The summed E-state index contributed by atoms with van der Waals surface area (Å²) in [5.41, 5.74) is 4.13. The molecule has 124 valence electrons. The van der Waals surface area contributed by atoms with E-state index in [1.165, 1.54) is 23.5 Å². The number of rotatable bonds is 4. The first kappa shape index (κ1) is 16.9. The van der Waals surface area contributed by atoms with Crippen molar-refractivity contribution in [3.8, 4) is 17.3 Å². The van der Waals surface area contributed by atoms with Crippen LogP contribution in [0, 0.1) is 17.1 Å². The number of hydrogen-bond donors (Lipinski definition) is 0. The number of halogens is 1. The maximum Gasteiger partial charge on any atom is 0.134 e. The summed E-state index contributed by atoms with van der Waals surface area (Å²) in [6.45, 7) is 0. The fourth-order valence-corrected chi connectivity index (χ4v) is 3.12. The van der Waals surface area contributed by atoms with Gasteiger partial charge in [0.05, 0.1) is 11.3 Å². The van der Waals surface area contributed by atoms with E-state index in [2.05, 4.69) is 11.1 Å². The Balaban J connectivity index is 1.88. The molecule has 0 aliphatic heterocycles. The average Bonchev–Trinajstić information content (AvgIpc) is 3.10. The summed E-state index contributed by atoms with van der Waals surface area (Å²) in [6, 6.07) is 16.4. The smallest absolute Gasteiger partial charge is 0.134 e. The molecule has 3 nitrogen and oxygen atoms in total. The van der Waals surface area contributed by atoms with Crippen molar-refractivity contribution >= 4 is 28.7 Å². The van der Waals surface area contributed by atoms with Gasteiger partial charge in [-0.05, 0) is 48.0 Å². The van der Waals surface area contributed by atoms with Crippen LogP contribution in [0.2, 0.25) is 0 Å². The first-order chi connectivity index (χ1) is 12.1. The van der Waals surface area contributed by atoms with Gasteiger partial charge in [-0.25, -0.2) is 9.37 Å². The lowest BCUT2D eigenvalue weighted by Gasteiger charge is -2.11. The Morgan fingerprint density at radius 3 is 2.40 bits per heavy atom. The SMILES string of the molecule is CN(C)c1ccc(C=C(C#N)c2nc(-c3ccc(F)cc3)cs2)cc1. The zero-order chi connectivity index (χ0) is 17.8. The van der Waals surface area contributed by atoms with Crippen LogP contribution >= 0.6 is 11.3 Å². The van der Waals surface area contributed by atoms with Gasteiger partial charge in [0.1, 0.15) is 16.9 Å². The van der Waals surface area contributed by atoms with E-state index in [9.17, 15) is 9.65 Å². The molecule has 1 aromatic heterocycles. The molecule has 0 aliphatic rings.